The molecule has 1 rings (SSSR count). The van der Waals surface area contributed by atoms with Crippen molar-refractivity contribution < 1.29 is 27.5 Å². The molecule has 0 aromatic rings. The van der Waals surface area contributed by atoms with E-state index in [1.54, 1.807) is 0 Å². The fraction of sp³-hybridized carbons (Fsp3) is 1.00. The van der Waals surface area contributed by atoms with Gasteiger partial charge in [-0.25, -0.2) is 0 Å². The number of rotatable bonds is 9. The molecule has 0 aromatic heterocycles. The fourth-order valence-corrected chi connectivity index (χ4v) is 6.91. The van der Waals surface area contributed by atoms with Crippen molar-refractivity contribution >= 4 is 33.3 Å². The molecular formula is C18H44O6Si4. The third kappa shape index (κ3) is 10.1. The molecular weight excluding hydrogens is 425 g/mol. The molecule has 0 aromatic carbocycles. The summed E-state index contributed by atoms with van der Waals surface area (Å²) in [4.78, 5) is 0. The standard InChI is InChI=1S/C18H44O6Si4/c1-25(2,3)20-13-14-15(22-26(4,5)6)16(23-27(7,8)9)17(18(19)21-14)24-28(10,11)12/h14-19H,13H2,1-12H3/t14-,15+,16+,17?,18?/m1/s1. The van der Waals surface area contributed by atoms with Crippen molar-refractivity contribution in [3.8, 4) is 0 Å². The minimum atomic E-state index is -1.94. The van der Waals surface area contributed by atoms with E-state index in [-0.39, 0.29) is 18.3 Å². The van der Waals surface area contributed by atoms with Crippen LogP contribution in [0.25, 0.3) is 0 Å². The van der Waals surface area contributed by atoms with Crippen LogP contribution in [0.1, 0.15) is 0 Å². The van der Waals surface area contributed by atoms with Gasteiger partial charge in [-0.1, -0.05) is 0 Å². The Morgan fingerprint density at radius 2 is 1.00 bits per heavy atom. The molecule has 0 aliphatic carbocycles. The van der Waals surface area contributed by atoms with Gasteiger partial charge in [-0.15, -0.1) is 0 Å². The van der Waals surface area contributed by atoms with Gasteiger partial charge >= 0.3 is 0 Å². The van der Waals surface area contributed by atoms with E-state index in [0.29, 0.717) is 6.61 Å². The third-order valence-corrected chi connectivity index (χ3v) is 7.73. The van der Waals surface area contributed by atoms with Gasteiger partial charge in [0.1, 0.15) is 24.4 Å². The molecule has 1 N–H and O–H groups in total. The summed E-state index contributed by atoms with van der Waals surface area (Å²) in [6, 6.07) is 0. The molecule has 0 spiro atoms. The number of ether oxygens (including phenoxy) is 1. The number of hydrogen-bond acceptors (Lipinski definition) is 6. The normalized spacial score (nSPS) is 30.5. The molecule has 1 aliphatic rings. The zero-order chi connectivity index (χ0) is 22.1. The zero-order valence-corrected chi connectivity index (χ0v) is 24.1. The smallest absolute Gasteiger partial charge is 0.184 e. The Kier molecular flexibility index (Phi) is 8.96. The second-order valence-corrected chi connectivity index (χ2v) is 29.5. The van der Waals surface area contributed by atoms with E-state index in [4.69, 9.17) is 22.4 Å². The second-order valence-electron chi connectivity index (χ2n) is 11.6. The van der Waals surface area contributed by atoms with E-state index < -0.39 is 45.7 Å². The molecule has 28 heavy (non-hydrogen) atoms. The summed E-state index contributed by atoms with van der Waals surface area (Å²) in [5, 5.41) is 10.8. The molecule has 0 amide bonds. The first-order valence-corrected chi connectivity index (χ1v) is 23.9. The first kappa shape index (κ1) is 26.7. The molecule has 168 valence electrons. The molecule has 0 bridgehead atoms. The van der Waals surface area contributed by atoms with Crippen molar-refractivity contribution in [3.05, 3.63) is 0 Å². The molecule has 1 fully saturated rings. The van der Waals surface area contributed by atoms with Gasteiger partial charge in [0.25, 0.3) is 0 Å². The summed E-state index contributed by atoms with van der Waals surface area (Å²) >= 11 is 0. The van der Waals surface area contributed by atoms with Crippen LogP contribution < -0.4 is 0 Å². The molecule has 0 radical (unpaired) electrons. The second kappa shape index (κ2) is 9.41. The minimum Gasteiger partial charge on any atom is -0.415 e. The van der Waals surface area contributed by atoms with Gasteiger partial charge in [-0.3, -0.25) is 0 Å². The Bertz CT molecular complexity index is 492. The van der Waals surface area contributed by atoms with Crippen molar-refractivity contribution in [1.29, 1.82) is 0 Å². The van der Waals surface area contributed by atoms with Gasteiger partial charge in [0.15, 0.2) is 39.6 Å². The topological polar surface area (TPSA) is 66.4 Å². The van der Waals surface area contributed by atoms with Crippen LogP contribution in [0.3, 0.4) is 0 Å². The quantitative estimate of drug-likeness (QED) is 0.511. The lowest BCUT2D eigenvalue weighted by Gasteiger charge is -2.49. The zero-order valence-electron chi connectivity index (χ0n) is 20.1. The summed E-state index contributed by atoms with van der Waals surface area (Å²) < 4.78 is 31.7. The maximum absolute atomic E-state index is 10.8. The molecule has 1 saturated heterocycles. The summed E-state index contributed by atoms with van der Waals surface area (Å²) in [6.07, 6.45) is -2.67. The van der Waals surface area contributed by atoms with Crippen LogP contribution >= 0.6 is 0 Å². The number of hydrogen-bond donors (Lipinski definition) is 1. The Labute approximate surface area is 176 Å². The van der Waals surface area contributed by atoms with Gasteiger partial charge < -0.3 is 27.5 Å². The average molecular weight is 469 g/mol. The molecule has 1 aliphatic heterocycles. The fourth-order valence-electron chi connectivity index (χ4n) is 2.99. The highest BCUT2D eigenvalue weighted by Crippen LogP contribution is 2.33. The van der Waals surface area contributed by atoms with Gasteiger partial charge in [-0.05, 0) is 78.6 Å². The first-order chi connectivity index (χ1) is 12.3. The molecule has 10 heteroatoms. The monoisotopic (exact) mass is 468 g/mol. The van der Waals surface area contributed by atoms with E-state index in [1.165, 1.54) is 0 Å². The lowest BCUT2D eigenvalue weighted by Crippen LogP contribution is -2.66. The average Bonchev–Trinajstić information content (AvgIpc) is 2.39. The van der Waals surface area contributed by atoms with Crippen LogP contribution in [0, 0.1) is 0 Å². The van der Waals surface area contributed by atoms with Gasteiger partial charge in [0, 0.05) is 0 Å². The van der Waals surface area contributed by atoms with Crippen LogP contribution in [0.2, 0.25) is 78.6 Å². The Balaban J connectivity index is 3.26. The summed E-state index contributed by atoms with van der Waals surface area (Å²) in [5.41, 5.74) is 0. The van der Waals surface area contributed by atoms with Crippen LogP contribution in [-0.4, -0.2) is 75.7 Å². The maximum atomic E-state index is 10.8. The van der Waals surface area contributed by atoms with Gasteiger partial charge in [-0.2, -0.15) is 0 Å². The van der Waals surface area contributed by atoms with E-state index in [0.717, 1.165) is 0 Å². The predicted molar refractivity (Wildman–Crippen MR) is 125 cm³/mol. The van der Waals surface area contributed by atoms with Crippen molar-refractivity contribution in [2.75, 3.05) is 6.61 Å². The lowest BCUT2D eigenvalue weighted by molar-refractivity contribution is -0.274. The van der Waals surface area contributed by atoms with Crippen LogP contribution in [0.4, 0.5) is 0 Å². The highest BCUT2D eigenvalue weighted by Gasteiger charge is 2.51. The van der Waals surface area contributed by atoms with Gasteiger partial charge in [0.05, 0.1) is 6.61 Å². The van der Waals surface area contributed by atoms with E-state index in [2.05, 4.69) is 78.6 Å². The van der Waals surface area contributed by atoms with Crippen molar-refractivity contribution in [3.63, 3.8) is 0 Å². The minimum absolute atomic E-state index is 0.320. The molecule has 1 heterocycles. The molecule has 2 unspecified atom stereocenters. The number of aliphatic hydroxyl groups is 1. The van der Waals surface area contributed by atoms with Crippen molar-refractivity contribution in [1.82, 2.24) is 0 Å². The van der Waals surface area contributed by atoms with E-state index in [9.17, 15) is 5.11 Å². The third-order valence-electron chi connectivity index (χ3n) is 3.76. The van der Waals surface area contributed by atoms with E-state index >= 15 is 0 Å². The van der Waals surface area contributed by atoms with E-state index in [1.807, 2.05) is 0 Å². The Hall–Kier alpha value is 0.628. The van der Waals surface area contributed by atoms with Crippen molar-refractivity contribution in [2.24, 2.45) is 0 Å². The number of aliphatic hydroxyl groups excluding tert-OH is 1. The van der Waals surface area contributed by atoms with Crippen molar-refractivity contribution in [2.45, 2.75) is 109 Å². The largest absolute Gasteiger partial charge is 0.415 e. The summed E-state index contributed by atoms with van der Waals surface area (Å²) in [6.45, 7) is 26.1. The summed E-state index contributed by atoms with van der Waals surface area (Å²) in [5.74, 6) is 0. The van der Waals surface area contributed by atoms with Crippen LogP contribution in [0.15, 0.2) is 0 Å². The SMILES string of the molecule is C[Si](C)(C)OC[C@H]1OC(O)C(O[Si](C)(C)C)[C@@H](O[Si](C)(C)C)[C@H]1O[Si](C)(C)C. The first-order valence-electron chi connectivity index (χ1n) is 10.3. The summed E-state index contributed by atoms with van der Waals surface area (Å²) in [7, 11) is -7.50. The molecule has 5 atom stereocenters. The lowest BCUT2D eigenvalue weighted by atomic mass is 9.99. The maximum Gasteiger partial charge on any atom is 0.184 e. The molecule has 6 nitrogen and oxygen atoms in total. The van der Waals surface area contributed by atoms with Gasteiger partial charge in [0.2, 0.25) is 0 Å². The Morgan fingerprint density at radius 1 is 0.607 bits per heavy atom. The Morgan fingerprint density at radius 3 is 1.39 bits per heavy atom. The highest BCUT2D eigenvalue weighted by atomic mass is 28.4. The van der Waals surface area contributed by atoms with Crippen LogP contribution in [0.5, 0.6) is 0 Å². The molecule has 0 saturated carbocycles. The van der Waals surface area contributed by atoms with Crippen LogP contribution in [-0.2, 0) is 22.4 Å². The highest BCUT2D eigenvalue weighted by molar-refractivity contribution is 6.71. The predicted octanol–water partition coefficient (Wildman–Crippen LogP) is 4.22.